The van der Waals surface area contributed by atoms with Gasteiger partial charge in [-0.25, -0.2) is 0 Å². The van der Waals surface area contributed by atoms with Crippen LogP contribution in [0, 0.1) is 10.1 Å². The Hall–Kier alpha value is -0.850. The summed E-state index contributed by atoms with van der Waals surface area (Å²) >= 11 is 0. The lowest BCUT2D eigenvalue weighted by molar-refractivity contribution is -0.385. The van der Waals surface area contributed by atoms with E-state index >= 15 is 0 Å². The van der Waals surface area contributed by atoms with Crippen LogP contribution in [0.15, 0.2) is 17.0 Å². The first-order valence-electron chi connectivity index (χ1n) is 6.11. The molecule has 0 heterocycles. The fourth-order valence-electron chi connectivity index (χ4n) is 2.17. The van der Waals surface area contributed by atoms with Gasteiger partial charge in [0, 0.05) is 23.3 Å². The molecule has 6 nitrogen and oxygen atoms in total. The molecule has 0 radical (unpaired) electrons. The van der Waals surface area contributed by atoms with Gasteiger partial charge in [0.25, 0.3) is 5.69 Å². The summed E-state index contributed by atoms with van der Waals surface area (Å²) in [6.07, 6.45) is 0. The number of hydrogen-bond donors (Lipinski definition) is 2. The van der Waals surface area contributed by atoms with Crippen molar-refractivity contribution in [2.75, 3.05) is 0 Å². The van der Waals surface area contributed by atoms with Crippen molar-refractivity contribution in [1.82, 2.24) is 0 Å². The van der Waals surface area contributed by atoms with Gasteiger partial charge in [-0.05, 0) is 11.8 Å². The molecule has 0 saturated heterocycles. The van der Waals surface area contributed by atoms with E-state index in [2.05, 4.69) is 0 Å². The summed E-state index contributed by atoms with van der Waals surface area (Å²) in [5.74, 6) is -0.175. The van der Waals surface area contributed by atoms with Crippen molar-refractivity contribution in [3.63, 3.8) is 0 Å². The van der Waals surface area contributed by atoms with E-state index in [1.165, 1.54) is 12.1 Å². The maximum atomic E-state index is 11.2. The van der Waals surface area contributed by atoms with Gasteiger partial charge in [0.15, 0.2) is 0 Å². The van der Waals surface area contributed by atoms with Crippen LogP contribution in [-0.4, -0.2) is 14.7 Å². The summed E-state index contributed by atoms with van der Waals surface area (Å²) in [4.78, 5) is 40.5. The lowest BCUT2D eigenvalue weighted by Crippen LogP contribution is -2.07. The van der Waals surface area contributed by atoms with Gasteiger partial charge in [-0.1, -0.05) is 27.7 Å². The minimum Gasteiger partial charge on any atom is -0.742 e. The zero-order valence-corrected chi connectivity index (χ0v) is 13.4. The zero-order valence-electron chi connectivity index (χ0n) is 11.7. The average molecular weight is 319 g/mol. The minimum absolute atomic E-state index is 0.00115. The third-order valence-electron chi connectivity index (χ3n) is 2.79. The lowest BCUT2D eigenvalue weighted by Gasteiger charge is -2.15. The van der Waals surface area contributed by atoms with Crippen LogP contribution in [0.25, 0.3) is 0 Å². The molecule has 0 bridgehead atoms. The van der Waals surface area contributed by atoms with E-state index in [1.807, 2.05) is 27.7 Å². The summed E-state index contributed by atoms with van der Waals surface area (Å²) in [6, 6.07) is 2.74. The van der Waals surface area contributed by atoms with E-state index in [4.69, 9.17) is 9.79 Å². The molecular formula is C12H18NO5PS. The Morgan fingerprint density at radius 1 is 1.15 bits per heavy atom. The van der Waals surface area contributed by atoms with E-state index < -0.39 is 11.6 Å². The highest BCUT2D eigenvalue weighted by molar-refractivity contribution is 8.16. The quantitative estimate of drug-likeness (QED) is 0.383. The molecule has 1 rings (SSSR count). The highest BCUT2D eigenvalue weighted by atomic mass is 32.5. The van der Waals surface area contributed by atoms with Crippen LogP contribution < -0.4 is 4.89 Å². The second-order valence-corrected chi connectivity index (χ2v) is 8.64. The Labute approximate surface area is 121 Å². The number of nitro benzene ring substituents is 1. The van der Waals surface area contributed by atoms with E-state index in [0.717, 1.165) is 0 Å². The van der Waals surface area contributed by atoms with Crippen LogP contribution in [0.3, 0.4) is 0 Å². The van der Waals surface area contributed by atoms with Crippen molar-refractivity contribution in [1.29, 1.82) is 0 Å². The third-order valence-corrected chi connectivity index (χ3v) is 4.89. The highest BCUT2D eigenvalue weighted by Gasteiger charge is 2.29. The van der Waals surface area contributed by atoms with Crippen LogP contribution >= 0.6 is 6.72 Å². The number of hydrogen-bond acceptors (Lipinski definition) is 3. The van der Waals surface area contributed by atoms with Gasteiger partial charge in [-0.2, -0.15) is 0 Å². The smallest absolute Gasteiger partial charge is 0.321 e. The van der Waals surface area contributed by atoms with E-state index in [0.29, 0.717) is 27.0 Å². The van der Waals surface area contributed by atoms with Gasteiger partial charge in [0.05, 0.1) is 4.92 Å². The average Bonchev–Trinajstić information content (AvgIpc) is 2.24. The Bertz CT molecular complexity index is 571. The monoisotopic (exact) mass is 319 g/mol. The summed E-state index contributed by atoms with van der Waals surface area (Å²) in [5, 5.41) is 11.1. The number of nitro groups is 1. The standard InChI is InChI=1S/C12H18NO5PS/c1-7(2)11-9(13(14)15)5-6-10(12(11)8(3)4)20-19(16,17)18/h5-8H,1-4H3,(H2-,16,17,18). The summed E-state index contributed by atoms with van der Waals surface area (Å²) < 4.78 is 0. The second kappa shape index (κ2) is 6.28. The molecule has 20 heavy (non-hydrogen) atoms. The largest absolute Gasteiger partial charge is 0.742 e. The van der Waals surface area contributed by atoms with Crippen molar-refractivity contribution >= 4 is 23.3 Å². The maximum Gasteiger partial charge on any atom is 0.321 e. The van der Waals surface area contributed by atoms with Crippen LogP contribution in [0.2, 0.25) is 0 Å². The summed E-state index contributed by atoms with van der Waals surface area (Å²) in [7, 11) is 0.452. The molecule has 0 amide bonds. The first kappa shape index (κ1) is 17.2. The first-order chi connectivity index (χ1) is 9.04. The molecule has 1 aromatic carbocycles. The molecular weight excluding hydrogens is 301 g/mol. The zero-order chi connectivity index (χ0) is 15.7. The van der Waals surface area contributed by atoms with Gasteiger partial charge in [-0.15, -0.1) is 0 Å². The molecule has 2 N–H and O–H groups in total. The van der Waals surface area contributed by atoms with Gasteiger partial charge in [-0.3, -0.25) is 10.1 Å². The molecule has 0 aliphatic carbocycles. The van der Waals surface area contributed by atoms with Gasteiger partial charge < -0.3 is 14.7 Å². The number of rotatable bonds is 4. The molecule has 112 valence electrons. The molecule has 0 spiro atoms. The maximum absolute atomic E-state index is 11.2. The first-order valence-corrected chi connectivity index (χ1v) is 9.14. The van der Waals surface area contributed by atoms with E-state index in [1.54, 1.807) is 0 Å². The Morgan fingerprint density at radius 2 is 1.65 bits per heavy atom. The van der Waals surface area contributed by atoms with E-state index in [-0.39, 0.29) is 17.5 Å². The summed E-state index contributed by atoms with van der Waals surface area (Å²) in [6.45, 7) is 3.08. The number of nitrogens with zero attached hydrogens (tertiary/aromatic N) is 1. The molecule has 1 aromatic rings. The Morgan fingerprint density at radius 3 is 2.00 bits per heavy atom. The molecule has 0 atom stereocenters. The predicted octanol–water partition coefficient (Wildman–Crippen LogP) is 2.31. The molecule has 0 saturated carbocycles. The van der Waals surface area contributed by atoms with Gasteiger partial charge >= 0.3 is 6.72 Å². The van der Waals surface area contributed by atoms with Crippen LogP contribution in [0.1, 0.15) is 50.7 Å². The normalized spacial score (nSPS) is 12.1. The minimum atomic E-state index is -4.30. The molecule has 0 fully saturated rings. The summed E-state index contributed by atoms with van der Waals surface area (Å²) in [5.41, 5.74) is 1.18. The van der Waals surface area contributed by atoms with Gasteiger partial charge in [0.1, 0.15) is 0 Å². The molecule has 0 aliphatic heterocycles. The van der Waals surface area contributed by atoms with Crippen molar-refractivity contribution in [2.45, 2.75) is 44.4 Å². The highest BCUT2D eigenvalue weighted by Crippen LogP contribution is 2.39. The molecule has 0 unspecified atom stereocenters. The molecule has 0 aliphatic rings. The van der Waals surface area contributed by atoms with Crippen molar-refractivity contribution in [3.05, 3.63) is 33.4 Å². The predicted molar refractivity (Wildman–Crippen MR) is 78.3 cm³/mol. The SMILES string of the molecule is CC(C)c1c([S+]=P([O-])(O)O)ccc([N+](=O)[O-])c1C(C)C. The number of benzene rings is 1. The fourth-order valence-corrected chi connectivity index (χ4v) is 4.25. The van der Waals surface area contributed by atoms with Crippen LogP contribution in [0.5, 0.6) is 0 Å². The molecule has 0 aromatic heterocycles. The van der Waals surface area contributed by atoms with Crippen LogP contribution in [0.4, 0.5) is 5.69 Å². The Balaban J connectivity index is 3.75. The topological polar surface area (TPSA) is 107 Å². The molecule has 8 heteroatoms. The van der Waals surface area contributed by atoms with Crippen LogP contribution in [-0.2, 0) is 10.9 Å². The Kier molecular flexibility index (Phi) is 5.40. The van der Waals surface area contributed by atoms with Crippen molar-refractivity contribution in [2.24, 2.45) is 0 Å². The van der Waals surface area contributed by atoms with Crippen molar-refractivity contribution in [3.8, 4) is 0 Å². The van der Waals surface area contributed by atoms with Gasteiger partial charge in [0.2, 0.25) is 15.8 Å². The van der Waals surface area contributed by atoms with Crippen molar-refractivity contribution < 1.29 is 19.6 Å². The lowest BCUT2D eigenvalue weighted by atomic mass is 9.89. The third kappa shape index (κ3) is 4.07. The fraction of sp³-hybridized carbons (Fsp3) is 0.500. The second-order valence-electron chi connectivity index (χ2n) is 5.06. The van der Waals surface area contributed by atoms with E-state index in [9.17, 15) is 15.0 Å².